The van der Waals surface area contributed by atoms with Crippen LogP contribution in [0.2, 0.25) is 0 Å². The maximum atomic E-state index is 5.45. The second-order valence-corrected chi connectivity index (χ2v) is 3.15. The fourth-order valence-corrected chi connectivity index (χ4v) is 1.39. The van der Waals surface area contributed by atoms with Crippen molar-refractivity contribution in [1.82, 2.24) is 19.7 Å². The van der Waals surface area contributed by atoms with Crippen molar-refractivity contribution in [2.45, 2.75) is 19.9 Å². The number of rotatable bonds is 3. The van der Waals surface area contributed by atoms with Crippen molar-refractivity contribution in [2.24, 2.45) is 5.73 Å². The predicted molar refractivity (Wildman–Crippen MR) is 56.4 cm³/mol. The van der Waals surface area contributed by atoms with Gasteiger partial charge in [-0.2, -0.15) is 5.10 Å². The third-order valence-corrected chi connectivity index (χ3v) is 2.20. The molecule has 2 heterocycles. The molecule has 0 aliphatic carbocycles. The minimum atomic E-state index is 0.415. The Hall–Kier alpha value is -1.75. The monoisotopic (exact) mass is 203 g/mol. The molecule has 0 aromatic carbocycles. The highest BCUT2D eigenvalue weighted by atomic mass is 15.2. The van der Waals surface area contributed by atoms with Gasteiger partial charge in [0, 0.05) is 25.4 Å². The third kappa shape index (κ3) is 1.87. The topological polar surface area (TPSA) is 69.6 Å². The number of hydrogen-bond donors (Lipinski definition) is 1. The molecule has 0 aliphatic rings. The van der Waals surface area contributed by atoms with Crippen LogP contribution in [0.1, 0.15) is 18.4 Å². The molecule has 0 saturated heterocycles. The molecule has 0 fully saturated rings. The first-order chi connectivity index (χ1) is 7.35. The van der Waals surface area contributed by atoms with E-state index < -0.39 is 0 Å². The van der Waals surface area contributed by atoms with Crippen molar-refractivity contribution < 1.29 is 0 Å². The first-order valence-electron chi connectivity index (χ1n) is 4.90. The summed E-state index contributed by atoms with van der Waals surface area (Å²) in [6, 6.07) is 3.78. The van der Waals surface area contributed by atoms with Crippen molar-refractivity contribution in [1.29, 1.82) is 0 Å². The summed E-state index contributed by atoms with van der Waals surface area (Å²) in [5, 5.41) is 8.10. The quantitative estimate of drug-likeness (QED) is 0.796. The zero-order valence-electron chi connectivity index (χ0n) is 8.59. The highest BCUT2D eigenvalue weighted by Crippen LogP contribution is 2.07. The summed E-state index contributed by atoms with van der Waals surface area (Å²) in [5.74, 6) is 1.76. The minimum absolute atomic E-state index is 0.415. The van der Waals surface area contributed by atoms with Crippen LogP contribution in [0.25, 0.3) is 5.82 Å². The first kappa shape index (κ1) is 9.79. The Labute approximate surface area is 88.0 Å². The van der Waals surface area contributed by atoms with Crippen LogP contribution in [-0.2, 0) is 13.0 Å². The Kier molecular flexibility index (Phi) is 2.73. The second kappa shape index (κ2) is 4.18. The largest absolute Gasteiger partial charge is 0.325 e. The highest BCUT2D eigenvalue weighted by Gasteiger charge is 2.04. The molecule has 0 unspecified atom stereocenters. The van der Waals surface area contributed by atoms with Gasteiger partial charge in [-0.05, 0) is 12.1 Å². The van der Waals surface area contributed by atoms with Gasteiger partial charge < -0.3 is 5.73 Å². The summed E-state index contributed by atoms with van der Waals surface area (Å²) in [7, 11) is 0. The fraction of sp³-hybridized carbons (Fsp3) is 0.300. The van der Waals surface area contributed by atoms with Crippen molar-refractivity contribution >= 4 is 0 Å². The Morgan fingerprint density at radius 1 is 1.33 bits per heavy atom. The van der Waals surface area contributed by atoms with E-state index in [0.717, 1.165) is 23.8 Å². The molecule has 0 spiro atoms. The molecular formula is C10H13N5. The lowest BCUT2D eigenvalue weighted by molar-refractivity contribution is 0.814. The highest BCUT2D eigenvalue weighted by molar-refractivity contribution is 5.23. The molecule has 0 saturated carbocycles. The zero-order chi connectivity index (χ0) is 10.7. The maximum absolute atomic E-state index is 5.45. The molecule has 5 nitrogen and oxygen atoms in total. The average molecular weight is 203 g/mol. The smallest absolute Gasteiger partial charge is 0.160 e. The van der Waals surface area contributed by atoms with Gasteiger partial charge in [-0.3, -0.25) is 4.57 Å². The molecule has 0 atom stereocenters. The Morgan fingerprint density at radius 3 is 2.80 bits per heavy atom. The van der Waals surface area contributed by atoms with Gasteiger partial charge in [0.2, 0.25) is 0 Å². The van der Waals surface area contributed by atoms with E-state index >= 15 is 0 Å². The van der Waals surface area contributed by atoms with Gasteiger partial charge >= 0.3 is 0 Å². The molecule has 5 heteroatoms. The van der Waals surface area contributed by atoms with Gasteiger partial charge in [-0.1, -0.05) is 6.92 Å². The van der Waals surface area contributed by atoms with Gasteiger partial charge in [0.05, 0.1) is 5.69 Å². The van der Waals surface area contributed by atoms with Crippen molar-refractivity contribution in [2.75, 3.05) is 0 Å². The SMILES string of the molecule is CCc1nccn1-c1ccc(CN)nn1. The van der Waals surface area contributed by atoms with E-state index in [4.69, 9.17) is 5.73 Å². The van der Waals surface area contributed by atoms with Crippen LogP contribution < -0.4 is 5.73 Å². The van der Waals surface area contributed by atoms with E-state index in [2.05, 4.69) is 22.1 Å². The molecular weight excluding hydrogens is 190 g/mol. The molecule has 15 heavy (non-hydrogen) atoms. The van der Waals surface area contributed by atoms with Crippen molar-refractivity contribution in [3.05, 3.63) is 36.0 Å². The van der Waals surface area contributed by atoms with Crippen LogP contribution in [0.15, 0.2) is 24.5 Å². The van der Waals surface area contributed by atoms with E-state index in [-0.39, 0.29) is 0 Å². The summed E-state index contributed by atoms with van der Waals surface area (Å²) in [6.45, 7) is 2.47. The summed E-state index contributed by atoms with van der Waals surface area (Å²) in [4.78, 5) is 4.22. The van der Waals surface area contributed by atoms with Crippen molar-refractivity contribution in [3.8, 4) is 5.82 Å². The molecule has 2 N–H and O–H groups in total. The predicted octanol–water partition coefficient (Wildman–Crippen LogP) is 0.683. The fourth-order valence-electron chi connectivity index (χ4n) is 1.39. The van der Waals surface area contributed by atoms with Crippen LogP contribution in [0.5, 0.6) is 0 Å². The summed E-state index contributed by atoms with van der Waals surface area (Å²) < 4.78 is 1.92. The number of nitrogens with zero attached hydrogens (tertiary/aromatic N) is 4. The van der Waals surface area contributed by atoms with Gasteiger partial charge in [0.15, 0.2) is 5.82 Å². The molecule has 0 amide bonds. The lowest BCUT2D eigenvalue weighted by atomic mass is 10.4. The summed E-state index contributed by atoms with van der Waals surface area (Å²) >= 11 is 0. The van der Waals surface area contributed by atoms with Gasteiger partial charge in [0.25, 0.3) is 0 Å². The Morgan fingerprint density at radius 2 is 2.20 bits per heavy atom. The average Bonchev–Trinajstić information content (AvgIpc) is 2.77. The molecule has 2 rings (SSSR count). The molecule has 78 valence electrons. The summed E-state index contributed by atoms with van der Waals surface area (Å²) in [6.07, 6.45) is 4.51. The van der Waals surface area contributed by atoms with Crippen LogP contribution in [-0.4, -0.2) is 19.7 Å². The number of hydrogen-bond acceptors (Lipinski definition) is 4. The molecule has 0 radical (unpaired) electrons. The standard InChI is InChI=1S/C10H13N5/c1-2-9-12-5-6-15(9)10-4-3-8(7-11)13-14-10/h3-6H,2,7,11H2,1H3. The zero-order valence-corrected chi connectivity index (χ0v) is 8.59. The van der Waals surface area contributed by atoms with E-state index in [1.807, 2.05) is 22.9 Å². The number of aromatic nitrogens is 4. The van der Waals surface area contributed by atoms with Crippen molar-refractivity contribution in [3.63, 3.8) is 0 Å². The maximum Gasteiger partial charge on any atom is 0.160 e. The van der Waals surface area contributed by atoms with Crippen LogP contribution >= 0.6 is 0 Å². The van der Waals surface area contributed by atoms with Crippen LogP contribution in [0.3, 0.4) is 0 Å². The first-order valence-corrected chi connectivity index (χ1v) is 4.90. The normalized spacial score (nSPS) is 10.5. The van der Waals surface area contributed by atoms with E-state index in [0.29, 0.717) is 6.54 Å². The molecule has 2 aromatic rings. The minimum Gasteiger partial charge on any atom is -0.325 e. The molecule has 2 aromatic heterocycles. The lowest BCUT2D eigenvalue weighted by Crippen LogP contribution is -2.06. The second-order valence-electron chi connectivity index (χ2n) is 3.15. The van der Waals surface area contributed by atoms with Crippen LogP contribution in [0, 0.1) is 0 Å². The van der Waals surface area contributed by atoms with Gasteiger partial charge in [-0.25, -0.2) is 4.98 Å². The molecule has 0 bridgehead atoms. The van der Waals surface area contributed by atoms with E-state index in [1.165, 1.54) is 0 Å². The molecule has 0 aliphatic heterocycles. The van der Waals surface area contributed by atoms with Gasteiger partial charge in [-0.15, -0.1) is 5.10 Å². The Bertz CT molecular complexity index is 431. The number of nitrogens with two attached hydrogens (primary N) is 1. The third-order valence-electron chi connectivity index (χ3n) is 2.20. The van der Waals surface area contributed by atoms with E-state index in [9.17, 15) is 0 Å². The lowest BCUT2D eigenvalue weighted by Gasteiger charge is -2.04. The van der Waals surface area contributed by atoms with Gasteiger partial charge in [0.1, 0.15) is 5.82 Å². The number of aryl methyl sites for hydroxylation is 1. The van der Waals surface area contributed by atoms with E-state index in [1.54, 1.807) is 6.20 Å². The number of imidazole rings is 1. The van der Waals surface area contributed by atoms with Crippen LogP contribution in [0.4, 0.5) is 0 Å². The summed E-state index contributed by atoms with van der Waals surface area (Å²) in [5.41, 5.74) is 6.24. The Balaban J connectivity index is 2.37.